The average molecular weight is 243 g/mol. The summed E-state index contributed by atoms with van der Waals surface area (Å²) < 4.78 is 1.99. The van der Waals surface area contributed by atoms with Crippen LogP contribution in [-0.4, -0.2) is 21.1 Å². The lowest BCUT2D eigenvalue weighted by molar-refractivity contribution is 0.821. The number of benzene rings is 1. The summed E-state index contributed by atoms with van der Waals surface area (Å²) >= 11 is 5.02. The number of rotatable bonds is 2. The molecule has 1 N–H and O–H groups in total. The standard InChI is InChI=1S/C11H9N5S/c1-8-14-15-11(17)16(8)13-7-10-4-2-9(6-12)3-5-10/h2-5,7H,1H3,(H,15,17). The van der Waals surface area contributed by atoms with Gasteiger partial charge in [0.1, 0.15) is 5.82 Å². The maximum atomic E-state index is 8.67. The minimum absolute atomic E-state index is 0.451. The number of nitrogens with one attached hydrogen (secondary N) is 1. The third kappa shape index (κ3) is 2.46. The number of nitriles is 1. The van der Waals surface area contributed by atoms with Crippen LogP contribution in [0.1, 0.15) is 17.0 Å². The predicted molar refractivity (Wildman–Crippen MR) is 66.3 cm³/mol. The van der Waals surface area contributed by atoms with E-state index in [1.165, 1.54) is 4.68 Å². The quantitative estimate of drug-likeness (QED) is 0.648. The fraction of sp³-hybridized carbons (Fsp3) is 0.0909. The number of aromatic amines is 1. The van der Waals surface area contributed by atoms with Gasteiger partial charge < -0.3 is 0 Å². The number of hydrogen-bond acceptors (Lipinski definition) is 4. The minimum atomic E-state index is 0.451. The first-order chi connectivity index (χ1) is 8.20. The summed E-state index contributed by atoms with van der Waals surface area (Å²) in [5.74, 6) is 0.694. The molecule has 0 radical (unpaired) electrons. The molecule has 0 spiro atoms. The van der Waals surface area contributed by atoms with Gasteiger partial charge in [0.2, 0.25) is 4.77 Å². The van der Waals surface area contributed by atoms with Crippen molar-refractivity contribution < 1.29 is 0 Å². The van der Waals surface area contributed by atoms with Gasteiger partial charge in [-0.3, -0.25) is 5.10 Å². The largest absolute Gasteiger partial charge is 0.250 e. The van der Waals surface area contributed by atoms with E-state index in [0.29, 0.717) is 16.2 Å². The molecule has 0 bridgehead atoms. The summed E-state index contributed by atoms with van der Waals surface area (Å²) in [6.45, 7) is 1.81. The highest BCUT2D eigenvalue weighted by molar-refractivity contribution is 7.71. The van der Waals surface area contributed by atoms with Crippen molar-refractivity contribution in [3.63, 3.8) is 0 Å². The first kappa shape index (κ1) is 11.2. The molecule has 5 nitrogen and oxygen atoms in total. The van der Waals surface area contributed by atoms with E-state index in [0.717, 1.165) is 5.56 Å². The number of H-pyrrole nitrogens is 1. The van der Waals surface area contributed by atoms with Gasteiger partial charge in [-0.2, -0.15) is 20.1 Å². The van der Waals surface area contributed by atoms with Gasteiger partial charge in [0.05, 0.1) is 17.8 Å². The van der Waals surface area contributed by atoms with E-state index in [-0.39, 0.29) is 0 Å². The molecular formula is C11H9N5S. The second kappa shape index (κ2) is 4.72. The van der Waals surface area contributed by atoms with Gasteiger partial charge in [-0.25, -0.2) is 0 Å². The van der Waals surface area contributed by atoms with Crippen LogP contribution in [0.4, 0.5) is 0 Å². The molecule has 2 aromatic rings. The normalized spacial score (nSPS) is 10.6. The molecule has 84 valence electrons. The van der Waals surface area contributed by atoms with Crippen LogP contribution in [0.15, 0.2) is 29.4 Å². The Morgan fingerprint density at radius 3 is 2.71 bits per heavy atom. The fourth-order valence-electron chi connectivity index (χ4n) is 1.27. The van der Waals surface area contributed by atoms with Crippen LogP contribution in [0.25, 0.3) is 0 Å². The molecule has 0 aliphatic rings. The molecule has 0 aliphatic heterocycles. The zero-order valence-electron chi connectivity index (χ0n) is 9.08. The Morgan fingerprint density at radius 1 is 1.47 bits per heavy atom. The van der Waals surface area contributed by atoms with Crippen molar-refractivity contribution >= 4 is 18.4 Å². The summed E-state index contributed by atoms with van der Waals surface area (Å²) in [6.07, 6.45) is 1.67. The highest BCUT2D eigenvalue weighted by Gasteiger charge is 1.97. The maximum Gasteiger partial charge on any atom is 0.216 e. The summed E-state index contributed by atoms with van der Waals surface area (Å²) in [4.78, 5) is 0. The van der Waals surface area contributed by atoms with Crippen LogP contribution in [-0.2, 0) is 0 Å². The van der Waals surface area contributed by atoms with Crippen molar-refractivity contribution in [3.8, 4) is 6.07 Å². The van der Waals surface area contributed by atoms with Gasteiger partial charge in [-0.1, -0.05) is 12.1 Å². The van der Waals surface area contributed by atoms with Crippen molar-refractivity contribution in [2.24, 2.45) is 5.10 Å². The van der Waals surface area contributed by atoms with Crippen molar-refractivity contribution in [1.82, 2.24) is 14.9 Å². The Hall–Kier alpha value is -2.26. The summed E-state index contributed by atoms with van der Waals surface area (Å²) in [7, 11) is 0. The molecule has 1 aromatic heterocycles. The van der Waals surface area contributed by atoms with E-state index in [1.54, 1.807) is 18.3 Å². The fourth-order valence-corrected chi connectivity index (χ4v) is 1.50. The second-order valence-electron chi connectivity index (χ2n) is 3.37. The molecular weight excluding hydrogens is 234 g/mol. The van der Waals surface area contributed by atoms with Gasteiger partial charge >= 0.3 is 0 Å². The lowest BCUT2D eigenvalue weighted by atomic mass is 10.2. The molecule has 1 aromatic carbocycles. The lowest BCUT2D eigenvalue weighted by Crippen LogP contribution is -1.93. The Bertz CT molecular complexity index is 642. The second-order valence-corrected chi connectivity index (χ2v) is 3.75. The van der Waals surface area contributed by atoms with Crippen LogP contribution >= 0.6 is 12.2 Å². The minimum Gasteiger partial charge on any atom is -0.250 e. The molecule has 1 heterocycles. The van der Waals surface area contributed by atoms with Gasteiger partial charge in [0, 0.05) is 0 Å². The van der Waals surface area contributed by atoms with Gasteiger partial charge in [-0.15, -0.1) is 0 Å². The smallest absolute Gasteiger partial charge is 0.216 e. The van der Waals surface area contributed by atoms with Gasteiger partial charge in [-0.05, 0) is 36.8 Å². The highest BCUT2D eigenvalue weighted by Crippen LogP contribution is 2.01. The van der Waals surface area contributed by atoms with Crippen molar-refractivity contribution in [2.45, 2.75) is 6.92 Å². The molecule has 0 unspecified atom stereocenters. The Balaban J connectivity index is 2.27. The highest BCUT2D eigenvalue weighted by atomic mass is 32.1. The maximum absolute atomic E-state index is 8.67. The molecule has 0 aliphatic carbocycles. The van der Waals surface area contributed by atoms with E-state index in [1.807, 2.05) is 19.1 Å². The number of nitrogens with zero attached hydrogens (tertiary/aromatic N) is 4. The molecule has 17 heavy (non-hydrogen) atoms. The van der Waals surface area contributed by atoms with E-state index < -0.39 is 0 Å². The van der Waals surface area contributed by atoms with Gasteiger partial charge in [0.15, 0.2) is 0 Å². The SMILES string of the molecule is Cc1n[nH]c(=S)n1N=Cc1ccc(C#N)cc1. The Kier molecular flexibility index (Phi) is 3.12. The number of aromatic nitrogens is 3. The van der Waals surface area contributed by atoms with Crippen LogP contribution < -0.4 is 0 Å². The molecule has 0 saturated carbocycles. The van der Waals surface area contributed by atoms with Gasteiger partial charge in [0.25, 0.3) is 0 Å². The third-order valence-electron chi connectivity index (χ3n) is 2.17. The summed E-state index contributed by atoms with van der Waals surface area (Å²) in [6, 6.07) is 9.18. The average Bonchev–Trinajstić information content (AvgIpc) is 2.67. The Morgan fingerprint density at radius 2 is 2.18 bits per heavy atom. The molecule has 2 rings (SSSR count). The molecule has 0 atom stereocenters. The van der Waals surface area contributed by atoms with E-state index >= 15 is 0 Å². The molecule has 0 saturated heterocycles. The van der Waals surface area contributed by atoms with Crippen molar-refractivity contribution in [1.29, 1.82) is 5.26 Å². The molecule has 6 heteroatoms. The molecule has 0 fully saturated rings. The van der Waals surface area contributed by atoms with Crippen LogP contribution in [0.3, 0.4) is 0 Å². The summed E-state index contributed by atoms with van der Waals surface area (Å²) in [5, 5.41) is 19.5. The molecule has 0 amide bonds. The third-order valence-corrected chi connectivity index (χ3v) is 2.44. The lowest BCUT2D eigenvalue weighted by Gasteiger charge is -1.95. The first-order valence-corrected chi connectivity index (χ1v) is 5.30. The Labute approximate surface area is 103 Å². The van der Waals surface area contributed by atoms with Crippen LogP contribution in [0.2, 0.25) is 0 Å². The van der Waals surface area contributed by atoms with Crippen LogP contribution in [0.5, 0.6) is 0 Å². The summed E-state index contributed by atoms with van der Waals surface area (Å²) in [5.41, 5.74) is 1.52. The van der Waals surface area contributed by atoms with E-state index in [2.05, 4.69) is 21.4 Å². The van der Waals surface area contributed by atoms with E-state index in [9.17, 15) is 0 Å². The zero-order chi connectivity index (χ0) is 12.3. The zero-order valence-corrected chi connectivity index (χ0v) is 9.90. The van der Waals surface area contributed by atoms with Crippen molar-refractivity contribution in [3.05, 3.63) is 46.0 Å². The first-order valence-electron chi connectivity index (χ1n) is 4.89. The topological polar surface area (TPSA) is 69.8 Å². The van der Waals surface area contributed by atoms with E-state index in [4.69, 9.17) is 17.5 Å². The predicted octanol–water partition coefficient (Wildman–Crippen LogP) is 2.00. The monoisotopic (exact) mass is 243 g/mol. The number of hydrogen-bond donors (Lipinski definition) is 1. The number of aryl methyl sites for hydroxylation is 1. The van der Waals surface area contributed by atoms with Crippen LogP contribution in [0, 0.1) is 23.0 Å². The van der Waals surface area contributed by atoms with Crippen molar-refractivity contribution in [2.75, 3.05) is 0 Å².